The molecule has 0 spiro atoms. The minimum Gasteiger partial charge on any atom is -0.444 e. The third-order valence-corrected chi connectivity index (χ3v) is 8.18. The molecule has 4 amide bonds. The highest BCUT2D eigenvalue weighted by Crippen LogP contribution is 2.21. The lowest BCUT2D eigenvalue weighted by atomic mass is 10.1. The van der Waals surface area contributed by atoms with Crippen LogP contribution in [0.25, 0.3) is 0 Å². The van der Waals surface area contributed by atoms with Crippen LogP contribution < -0.4 is 10.6 Å². The molecule has 3 aromatic rings. The number of nitro benzene ring substituents is 1. The largest absolute Gasteiger partial charge is 0.444 e. The number of aryl methyl sites for hydroxylation is 1. The van der Waals surface area contributed by atoms with Crippen molar-refractivity contribution in [1.29, 1.82) is 0 Å². The maximum absolute atomic E-state index is 14.2. The van der Waals surface area contributed by atoms with Crippen LogP contribution >= 0.6 is 0 Å². The fourth-order valence-electron chi connectivity index (χ4n) is 5.45. The predicted molar refractivity (Wildman–Crippen MR) is 206 cm³/mol. The van der Waals surface area contributed by atoms with Gasteiger partial charge in [0.2, 0.25) is 13.7 Å². The molecule has 54 heavy (non-hydrogen) atoms. The van der Waals surface area contributed by atoms with E-state index in [9.17, 15) is 33.3 Å². The second kappa shape index (κ2) is 20.2. The van der Waals surface area contributed by atoms with Crippen LogP contribution in [-0.2, 0) is 17.8 Å². The Morgan fingerprint density at radius 1 is 0.889 bits per heavy atom. The first-order valence-electron chi connectivity index (χ1n) is 18.2. The number of anilines is 2. The number of nitro groups is 1. The third kappa shape index (κ3) is 13.9. The molecule has 290 valence electrons. The van der Waals surface area contributed by atoms with Crippen molar-refractivity contribution in [3.05, 3.63) is 106 Å². The second-order valence-corrected chi connectivity index (χ2v) is 13.5. The molecule has 0 saturated carbocycles. The summed E-state index contributed by atoms with van der Waals surface area (Å²) in [5.74, 6) is -1.79. The fourth-order valence-corrected chi connectivity index (χ4v) is 5.45. The van der Waals surface area contributed by atoms with Gasteiger partial charge < -0.3 is 25.2 Å². The van der Waals surface area contributed by atoms with Crippen molar-refractivity contribution in [3.63, 3.8) is 0 Å². The molecule has 2 aliphatic rings. The van der Waals surface area contributed by atoms with Crippen molar-refractivity contribution in [2.75, 3.05) is 63.0 Å². The average molecular weight is 753 g/mol. The van der Waals surface area contributed by atoms with Gasteiger partial charge in [-0.3, -0.25) is 29.7 Å². The van der Waals surface area contributed by atoms with Gasteiger partial charge in [-0.05, 0) is 69.2 Å². The summed E-state index contributed by atoms with van der Waals surface area (Å²) in [5, 5.41) is 15.9. The summed E-state index contributed by atoms with van der Waals surface area (Å²) in [4.78, 5) is 57.0. The molecule has 2 aromatic carbocycles. The van der Waals surface area contributed by atoms with E-state index in [1.54, 1.807) is 40.3 Å². The number of halogens is 2. The van der Waals surface area contributed by atoms with Gasteiger partial charge in [-0.1, -0.05) is 12.1 Å². The fraction of sp³-hybridized carbons (Fsp3) is 0.405. The average Bonchev–Trinajstić information content (AvgIpc) is 3.16. The molecule has 2 radical (unpaired) electrons. The highest BCUT2D eigenvalue weighted by molar-refractivity contribution is 6.56. The van der Waals surface area contributed by atoms with Crippen molar-refractivity contribution < 1.29 is 35.8 Å². The molecule has 2 N–H and O–H groups in total. The summed E-state index contributed by atoms with van der Waals surface area (Å²) < 4.78 is 42.9. The lowest BCUT2D eigenvalue weighted by molar-refractivity contribution is -0.387. The highest BCUT2D eigenvalue weighted by Gasteiger charge is 2.26. The Labute approximate surface area is 318 Å². The van der Waals surface area contributed by atoms with Gasteiger partial charge >= 0.3 is 17.8 Å². The molecular weight excluding hydrogens is 701 g/mol. The summed E-state index contributed by atoms with van der Waals surface area (Å²) >= 11 is 0. The van der Waals surface area contributed by atoms with Crippen LogP contribution in [0.3, 0.4) is 0 Å². The van der Waals surface area contributed by atoms with E-state index in [2.05, 4.69) is 33.7 Å². The molecule has 0 bridgehead atoms. The highest BCUT2D eigenvalue weighted by atomic mass is 19.1. The number of amides is 4. The number of urea groups is 1. The maximum atomic E-state index is 14.2. The molecule has 1 aromatic heterocycles. The second-order valence-electron chi connectivity index (χ2n) is 13.5. The molecule has 14 nitrogen and oxygen atoms in total. The third-order valence-electron chi connectivity index (χ3n) is 8.18. The molecule has 5 rings (SSSR count). The van der Waals surface area contributed by atoms with E-state index in [0.29, 0.717) is 76.7 Å². The quantitative estimate of drug-likeness (QED) is 0.121. The van der Waals surface area contributed by atoms with Crippen LogP contribution in [0.5, 0.6) is 0 Å². The van der Waals surface area contributed by atoms with E-state index >= 15 is 0 Å². The zero-order chi connectivity index (χ0) is 42.0. The van der Waals surface area contributed by atoms with E-state index in [-0.39, 0.29) is 11.8 Å². The molecule has 3 heterocycles. The number of benzene rings is 2. The number of hydrogen-bond acceptors (Lipinski definition) is 9. The zero-order valence-electron chi connectivity index (χ0n) is 33.1. The van der Waals surface area contributed by atoms with Crippen molar-refractivity contribution >= 4 is 42.8 Å². The molecule has 2 fully saturated rings. The zero-order valence-corrected chi connectivity index (χ0v) is 31.1. The summed E-state index contributed by atoms with van der Waals surface area (Å²) in [6.07, 6.45) is 1.23. The number of rotatable bonds is 7. The SMILES string of the molecule is C=C.Cc1ccc(NC(=O)Nc2cc(CN3CCN(C(=O)OC(C)(C)C)CC3)ccc2F)cn1.[2H][2H].[B]C(=O)N1CCN(Cc2ccc(F)c([N+](=O)[O-])c2)CC1. The van der Waals surface area contributed by atoms with Crippen LogP contribution in [0.4, 0.5) is 40.2 Å². The van der Waals surface area contributed by atoms with Crippen molar-refractivity contribution in [3.8, 4) is 0 Å². The standard InChI is InChI=1S/C23H30FN5O3.C12H13BFN3O3.C2H4.H2/c1-16-5-7-18(14-25-16)26-21(30)27-20-13-17(6-8-19(20)24)15-28-9-11-29(12-10-28)22(31)32-23(2,3)4;13-12(18)16-5-3-15(4-6-16)8-9-1-2-10(14)11(7-9)17(19)20;1-2;/h5-8,13-14H,9-12,15H2,1-4H3,(H2,26,27,30);1-2,7H,3-6,8H2;1-2H2;1H/i;;;1+1D. The molecular formula is C37H49BF2N8O6. The number of nitrogens with zero attached hydrogens (tertiary/aromatic N) is 6. The van der Waals surface area contributed by atoms with Gasteiger partial charge in [0.05, 0.1) is 22.5 Å². The molecule has 17 heteroatoms. The molecule has 2 aliphatic heterocycles. The number of pyridine rings is 1. The Bertz CT molecular complexity index is 1760. The Hall–Kier alpha value is -5.42. The smallest absolute Gasteiger partial charge is 0.410 e. The topological polar surface area (TPSA) is 153 Å². The Balaban J connectivity index is 0.000000387. The van der Waals surface area contributed by atoms with E-state index < -0.39 is 39.7 Å². The normalized spacial score (nSPS) is 14.9. The van der Waals surface area contributed by atoms with Gasteiger partial charge in [0, 0.05) is 80.2 Å². The summed E-state index contributed by atoms with van der Waals surface area (Å²) in [6.45, 7) is 19.3. The molecule has 2 saturated heterocycles. The summed E-state index contributed by atoms with van der Waals surface area (Å²) in [6, 6.07) is 11.5. The molecule has 0 unspecified atom stereocenters. The van der Waals surface area contributed by atoms with Crippen LogP contribution in [-0.4, -0.2) is 113 Å². The van der Waals surface area contributed by atoms with Crippen LogP contribution in [0.15, 0.2) is 67.9 Å². The van der Waals surface area contributed by atoms with E-state index in [1.807, 2.05) is 32.6 Å². The molecule has 0 aliphatic carbocycles. The monoisotopic (exact) mass is 752 g/mol. The number of aromatic nitrogens is 1. The Kier molecular flexibility index (Phi) is 15.4. The minimum atomic E-state index is -0.836. The Morgan fingerprint density at radius 2 is 1.43 bits per heavy atom. The van der Waals surface area contributed by atoms with Gasteiger partial charge in [-0.2, -0.15) is 4.39 Å². The van der Waals surface area contributed by atoms with Gasteiger partial charge in [0.15, 0.2) is 5.81 Å². The molecule has 0 atom stereocenters. The van der Waals surface area contributed by atoms with Gasteiger partial charge in [0.1, 0.15) is 11.4 Å². The predicted octanol–water partition coefficient (Wildman–Crippen LogP) is 6.41. The van der Waals surface area contributed by atoms with Crippen molar-refractivity contribution in [1.82, 2.24) is 24.6 Å². The minimum absolute atomic E-state index is 0.104. The summed E-state index contributed by atoms with van der Waals surface area (Å²) in [5.41, 5.74) is 1.96. The van der Waals surface area contributed by atoms with Crippen LogP contribution in [0, 0.1) is 28.7 Å². The van der Waals surface area contributed by atoms with E-state index in [0.717, 1.165) is 17.3 Å². The first kappa shape index (κ1) is 41.3. The lowest BCUT2D eigenvalue weighted by Crippen LogP contribution is -2.49. The number of ether oxygens (including phenoxy) is 1. The number of nitrogens with one attached hydrogen (secondary N) is 2. The van der Waals surface area contributed by atoms with Gasteiger partial charge in [0.25, 0.3) is 0 Å². The number of carbonyl (C=O) groups excluding carboxylic acids is 3. The van der Waals surface area contributed by atoms with Gasteiger partial charge in [-0.25, -0.2) is 14.0 Å². The van der Waals surface area contributed by atoms with Crippen molar-refractivity contribution in [2.24, 2.45) is 0 Å². The number of piperazine rings is 2. The van der Waals surface area contributed by atoms with E-state index in [4.69, 9.17) is 15.6 Å². The van der Waals surface area contributed by atoms with E-state index in [1.165, 1.54) is 18.2 Å². The first-order chi connectivity index (χ1) is 26.6. The Morgan fingerprint density at radius 3 is 1.93 bits per heavy atom. The number of hydrogen-bond donors (Lipinski definition) is 2. The number of carbonyl (C=O) groups is 3. The maximum Gasteiger partial charge on any atom is 0.410 e. The van der Waals surface area contributed by atoms with Crippen molar-refractivity contribution in [2.45, 2.75) is 46.4 Å². The summed E-state index contributed by atoms with van der Waals surface area (Å²) in [7, 11) is 5.19. The van der Waals surface area contributed by atoms with Crippen LogP contribution in [0.2, 0.25) is 0 Å². The lowest BCUT2D eigenvalue weighted by Gasteiger charge is -2.35. The van der Waals surface area contributed by atoms with Gasteiger partial charge in [-0.15, -0.1) is 13.2 Å². The first-order valence-corrected chi connectivity index (χ1v) is 17.2. The van der Waals surface area contributed by atoms with Crippen LogP contribution in [0.1, 0.15) is 40.6 Å².